The Kier molecular flexibility index (Phi) is 5.48. The summed E-state index contributed by atoms with van der Waals surface area (Å²) < 4.78 is 0. The highest BCUT2D eigenvalue weighted by atomic mass is 16.4. The van der Waals surface area contributed by atoms with E-state index in [1.165, 1.54) is 5.57 Å². The van der Waals surface area contributed by atoms with Crippen LogP contribution in [0.1, 0.15) is 51.9 Å². The van der Waals surface area contributed by atoms with E-state index >= 15 is 0 Å². The minimum atomic E-state index is -1.26. The zero-order valence-corrected chi connectivity index (χ0v) is 15.6. The lowest BCUT2D eigenvalue weighted by Gasteiger charge is -2.48. The molecule has 0 heterocycles. The highest BCUT2D eigenvalue weighted by molar-refractivity contribution is 5.39. The largest absolute Gasteiger partial charge is 0.394 e. The maximum absolute atomic E-state index is 11.1. The number of rotatable bonds is 3. The van der Waals surface area contributed by atoms with Gasteiger partial charge in [-0.2, -0.15) is 0 Å². The molecule has 26 heavy (non-hydrogen) atoms. The van der Waals surface area contributed by atoms with Gasteiger partial charge in [-0.05, 0) is 55.6 Å². The van der Waals surface area contributed by atoms with Gasteiger partial charge in [0.05, 0.1) is 24.4 Å². The first-order valence-electron chi connectivity index (χ1n) is 9.69. The van der Waals surface area contributed by atoms with Gasteiger partial charge in [0.15, 0.2) is 0 Å². The molecule has 0 spiro atoms. The minimum Gasteiger partial charge on any atom is -0.394 e. The molecule has 146 valence electrons. The molecule has 0 bridgehead atoms. The van der Waals surface area contributed by atoms with Crippen molar-refractivity contribution in [3.05, 3.63) is 35.5 Å². The first-order valence-corrected chi connectivity index (χ1v) is 9.69. The zero-order valence-electron chi connectivity index (χ0n) is 15.6. The van der Waals surface area contributed by atoms with Crippen molar-refractivity contribution in [3.8, 4) is 0 Å². The number of hydrogen-bond donors (Lipinski definition) is 5. The van der Waals surface area contributed by atoms with E-state index in [1.807, 2.05) is 13.0 Å². The van der Waals surface area contributed by atoms with Crippen LogP contribution in [0, 0.1) is 11.3 Å². The second-order valence-corrected chi connectivity index (χ2v) is 8.55. The van der Waals surface area contributed by atoms with Crippen molar-refractivity contribution in [2.75, 3.05) is 6.61 Å². The summed E-state index contributed by atoms with van der Waals surface area (Å²) in [6.07, 6.45) is 6.42. The summed E-state index contributed by atoms with van der Waals surface area (Å²) >= 11 is 0. The fourth-order valence-electron chi connectivity index (χ4n) is 5.45. The highest BCUT2D eigenvalue weighted by Crippen LogP contribution is 2.60. The standard InChI is InChI=1S/C21H32O5/c1-13-15(10-16(23)11-18(13)24)6-5-14-4-3-8-20(2)17(14)7-9-21(20,26)19(25)12-22/h5-6,16-19,22-26H,1,3-4,7-12H2,2H3/t16-,17+,18+,19+,20+,21+/m1/s1. The SMILES string of the molecule is C=C1C(=CC=C2CCC[C@@]3(C)[C@H]2CC[C@]3(O)[C@@H](O)CO)C[C@@H](O)C[C@@H]1O. The molecule has 0 radical (unpaired) electrons. The van der Waals surface area contributed by atoms with Crippen molar-refractivity contribution in [2.24, 2.45) is 11.3 Å². The van der Waals surface area contributed by atoms with Crippen LogP contribution in [0.4, 0.5) is 0 Å². The van der Waals surface area contributed by atoms with Gasteiger partial charge in [0.2, 0.25) is 0 Å². The lowest BCUT2D eigenvalue weighted by molar-refractivity contribution is -0.161. The second-order valence-electron chi connectivity index (χ2n) is 8.55. The van der Waals surface area contributed by atoms with Crippen LogP contribution in [0.2, 0.25) is 0 Å². The van der Waals surface area contributed by atoms with Crippen molar-refractivity contribution in [2.45, 2.75) is 75.8 Å². The molecule has 3 fully saturated rings. The first-order chi connectivity index (χ1) is 12.2. The lowest BCUT2D eigenvalue weighted by atomic mass is 9.60. The molecule has 5 nitrogen and oxygen atoms in total. The van der Waals surface area contributed by atoms with E-state index in [2.05, 4.69) is 12.7 Å². The molecule has 0 saturated heterocycles. The smallest absolute Gasteiger partial charge is 0.106 e. The number of fused-ring (bicyclic) bond motifs is 1. The minimum absolute atomic E-state index is 0.158. The average Bonchev–Trinajstić information content (AvgIpc) is 2.89. The van der Waals surface area contributed by atoms with Gasteiger partial charge >= 0.3 is 0 Å². The predicted octanol–water partition coefficient (Wildman–Crippen LogP) is 1.60. The van der Waals surface area contributed by atoms with Crippen molar-refractivity contribution < 1.29 is 25.5 Å². The third-order valence-corrected chi connectivity index (χ3v) is 7.17. The Hall–Kier alpha value is -0.980. The second kappa shape index (κ2) is 7.21. The van der Waals surface area contributed by atoms with Crippen LogP contribution < -0.4 is 0 Å². The summed E-state index contributed by atoms with van der Waals surface area (Å²) in [6.45, 7) is 5.54. The molecular formula is C21H32O5. The molecule has 0 aliphatic heterocycles. The zero-order chi connectivity index (χ0) is 19.1. The van der Waals surface area contributed by atoms with Crippen LogP contribution in [-0.2, 0) is 0 Å². The quantitative estimate of drug-likeness (QED) is 0.524. The maximum Gasteiger partial charge on any atom is 0.106 e. The Bertz CT molecular complexity index is 624. The summed E-state index contributed by atoms with van der Waals surface area (Å²) in [4.78, 5) is 0. The lowest BCUT2D eigenvalue weighted by Crippen LogP contribution is -2.55. The number of aliphatic hydroxyl groups is 5. The highest BCUT2D eigenvalue weighted by Gasteiger charge is 2.60. The van der Waals surface area contributed by atoms with Crippen LogP contribution in [0.5, 0.6) is 0 Å². The van der Waals surface area contributed by atoms with Gasteiger partial charge in [0.1, 0.15) is 6.10 Å². The maximum atomic E-state index is 11.1. The Morgan fingerprint density at radius 3 is 2.69 bits per heavy atom. The van der Waals surface area contributed by atoms with Crippen LogP contribution in [0.25, 0.3) is 0 Å². The van der Waals surface area contributed by atoms with E-state index in [0.717, 1.165) is 31.3 Å². The first kappa shape index (κ1) is 19.8. The molecule has 3 aliphatic rings. The Labute approximate surface area is 155 Å². The average molecular weight is 364 g/mol. The van der Waals surface area contributed by atoms with Crippen LogP contribution in [-0.4, -0.2) is 56.1 Å². The van der Waals surface area contributed by atoms with Crippen molar-refractivity contribution in [1.82, 2.24) is 0 Å². The monoisotopic (exact) mass is 364 g/mol. The van der Waals surface area contributed by atoms with Gasteiger partial charge in [-0.15, -0.1) is 0 Å². The van der Waals surface area contributed by atoms with E-state index in [0.29, 0.717) is 24.8 Å². The summed E-state index contributed by atoms with van der Waals surface area (Å²) in [5.41, 5.74) is 1.05. The van der Waals surface area contributed by atoms with E-state index < -0.39 is 35.9 Å². The molecule has 0 aromatic rings. The molecule has 3 aliphatic carbocycles. The van der Waals surface area contributed by atoms with Crippen LogP contribution in [0.15, 0.2) is 35.5 Å². The Balaban J connectivity index is 1.87. The van der Waals surface area contributed by atoms with E-state index in [1.54, 1.807) is 0 Å². The normalized spacial score (nSPS) is 45.2. The van der Waals surface area contributed by atoms with E-state index in [-0.39, 0.29) is 5.92 Å². The molecular weight excluding hydrogens is 332 g/mol. The van der Waals surface area contributed by atoms with Gasteiger partial charge in [0, 0.05) is 11.8 Å². The van der Waals surface area contributed by atoms with E-state index in [9.17, 15) is 25.5 Å². The van der Waals surface area contributed by atoms with Crippen molar-refractivity contribution >= 4 is 0 Å². The Morgan fingerprint density at radius 2 is 2.00 bits per heavy atom. The molecule has 6 atom stereocenters. The third kappa shape index (κ3) is 3.10. The molecule has 0 unspecified atom stereocenters. The van der Waals surface area contributed by atoms with Crippen molar-refractivity contribution in [3.63, 3.8) is 0 Å². The molecule has 5 heteroatoms. The summed E-state index contributed by atoms with van der Waals surface area (Å²) in [7, 11) is 0. The van der Waals surface area contributed by atoms with Crippen LogP contribution >= 0.6 is 0 Å². The van der Waals surface area contributed by atoms with Gasteiger partial charge in [-0.25, -0.2) is 0 Å². The van der Waals surface area contributed by atoms with Gasteiger partial charge in [-0.1, -0.05) is 31.2 Å². The molecule has 3 saturated carbocycles. The topological polar surface area (TPSA) is 101 Å². The third-order valence-electron chi connectivity index (χ3n) is 7.17. The fraction of sp³-hybridized carbons (Fsp3) is 0.714. The fourth-order valence-corrected chi connectivity index (χ4v) is 5.45. The Morgan fingerprint density at radius 1 is 1.27 bits per heavy atom. The number of allylic oxidation sites excluding steroid dienone is 3. The molecule has 0 amide bonds. The molecule has 3 rings (SSSR count). The predicted molar refractivity (Wildman–Crippen MR) is 99.3 cm³/mol. The summed E-state index contributed by atoms with van der Waals surface area (Å²) in [5, 5.41) is 50.7. The molecule has 0 aromatic carbocycles. The van der Waals surface area contributed by atoms with Crippen molar-refractivity contribution in [1.29, 1.82) is 0 Å². The molecule has 0 aromatic heterocycles. The molecule has 5 N–H and O–H groups in total. The number of aliphatic hydroxyl groups excluding tert-OH is 4. The van der Waals surface area contributed by atoms with E-state index in [4.69, 9.17) is 0 Å². The van der Waals surface area contributed by atoms with Gasteiger partial charge in [-0.3, -0.25) is 0 Å². The van der Waals surface area contributed by atoms with Gasteiger partial charge in [0.25, 0.3) is 0 Å². The number of hydrogen-bond acceptors (Lipinski definition) is 5. The summed E-state index contributed by atoms with van der Waals surface area (Å²) in [5.74, 6) is 0.158. The summed E-state index contributed by atoms with van der Waals surface area (Å²) in [6, 6.07) is 0. The van der Waals surface area contributed by atoms with Crippen LogP contribution in [0.3, 0.4) is 0 Å². The van der Waals surface area contributed by atoms with Gasteiger partial charge < -0.3 is 25.5 Å².